The predicted octanol–water partition coefficient (Wildman–Crippen LogP) is 4.61. The highest BCUT2D eigenvalue weighted by Gasteiger charge is 2.24. The first kappa shape index (κ1) is 11.5. The lowest BCUT2D eigenvalue weighted by molar-refractivity contribution is 0.533. The molecule has 0 spiro atoms. The third-order valence-corrected chi connectivity index (χ3v) is 3.98. The first-order valence-corrected chi connectivity index (χ1v) is 6.51. The van der Waals surface area contributed by atoms with Gasteiger partial charge in [0.2, 0.25) is 0 Å². The zero-order valence-corrected chi connectivity index (χ0v) is 10.9. The van der Waals surface area contributed by atoms with Crippen molar-refractivity contribution >= 4 is 5.69 Å². The molecule has 1 aromatic carbocycles. The van der Waals surface area contributed by atoms with Gasteiger partial charge in [0, 0.05) is 19.6 Å². The van der Waals surface area contributed by atoms with Crippen LogP contribution in [0.2, 0.25) is 0 Å². The molecule has 1 aliphatic rings. The molecule has 1 heterocycles. The summed E-state index contributed by atoms with van der Waals surface area (Å²) in [5, 5.41) is 3.55. The molecule has 2 rings (SSSR count). The molecule has 2 atom stereocenters. The van der Waals surface area contributed by atoms with Gasteiger partial charge in [0.1, 0.15) is 0 Å². The van der Waals surface area contributed by atoms with E-state index in [1.54, 1.807) is 0 Å². The van der Waals surface area contributed by atoms with Crippen LogP contribution in [0.25, 0.3) is 0 Å². The number of rotatable bonds is 3. The van der Waals surface area contributed by atoms with Gasteiger partial charge in [0.25, 0.3) is 0 Å². The Kier molecular flexibility index (Phi) is 3.22. The number of anilines is 1. The standard InChI is InChI=1S/C15H23N.H2/c1-5-11(4)12-6-7-13-14(10(2)3)9-16-15(13)8-12;/h6-8,10-11,14,16H,5,9H2,1-4H3;1H. The maximum Gasteiger partial charge on any atom is 0.0379 e. The van der Waals surface area contributed by atoms with Crippen LogP contribution in [0, 0.1) is 5.92 Å². The first-order valence-electron chi connectivity index (χ1n) is 6.51. The van der Waals surface area contributed by atoms with Crippen LogP contribution in [-0.4, -0.2) is 6.54 Å². The minimum Gasteiger partial charge on any atom is -0.384 e. The van der Waals surface area contributed by atoms with Crippen LogP contribution in [0.4, 0.5) is 5.69 Å². The lowest BCUT2D eigenvalue weighted by Gasteiger charge is -2.15. The quantitative estimate of drug-likeness (QED) is 0.782. The van der Waals surface area contributed by atoms with Gasteiger partial charge in [-0.1, -0.05) is 39.8 Å². The van der Waals surface area contributed by atoms with E-state index >= 15 is 0 Å². The minimum absolute atomic E-state index is 0. The maximum absolute atomic E-state index is 3.55. The Morgan fingerprint density at radius 1 is 1.38 bits per heavy atom. The lowest BCUT2D eigenvalue weighted by Crippen LogP contribution is -2.08. The van der Waals surface area contributed by atoms with E-state index in [9.17, 15) is 0 Å². The highest BCUT2D eigenvalue weighted by molar-refractivity contribution is 5.59. The second-order valence-electron chi connectivity index (χ2n) is 5.39. The summed E-state index contributed by atoms with van der Waals surface area (Å²) in [5.41, 5.74) is 4.36. The summed E-state index contributed by atoms with van der Waals surface area (Å²) < 4.78 is 0. The molecule has 1 aromatic rings. The lowest BCUT2D eigenvalue weighted by atomic mass is 9.88. The topological polar surface area (TPSA) is 12.0 Å². The van der Waals surface area contributed by atoms with Crippen LogP contribution < -0.4 is 5.32 Å². The van der Waals surface area contributed by atoms with E-state index in [1.807, 2.05) is 0 Å². The molecule has 90 valence electrons. The molecule has 1 aliphatic heterocycles. The summed E-state index contributed by atoms with van der Waals surface area (Å²) in [5.74, 6) is 2.09. The van der Waals surface area contributed by atoms with Crippen molar-refractivity contribution < 1.29 is 1.43 Å². The fourth-order valence-corrected chi connectivity index (χ4v) is 2.52. The minimum atomic E-state index is 0. The van der Waals surface area contributed by atoms with Crippen LogP contribution in [0.15, 0.2) is 18.2 Å². The van der Waals surface area contributed by atoms with E-state index in [2.05, 4.69) is 51.2 Å². The average molecular weight is 219 g/mol. The summed E-state index contributed by atoms with van der Waals surface area (Å²) >= 11 is 0. The molecule has 0 amide bonds. The molecule has 16 heavy (non-hydrogen) atoms. The van der Waals surface area contributed by atoms with Crippen LogP contribution in [0.5, 0.6) is 0 Å². The Balaban J connectivity index is 0.00000144. The fourth-order valence-electron chi connectivity index (χ4n) is 2.52. The molecule has 1 N–H and O–H groups in total. The Hall–Kier alpha value is -0.980. The van der Waals surface area contributed by atoms with E-state index in [1.165, 1.54) is 23.2 Å². The predicted molar refractivity (Wildman–Crippen MR) is 73.3 cm³/mol. The Morgan fingerprint density at radius 2 is 2.12 bits per heavy atom. The van der Waals surface area contributed by atoms with Crippen LogP contribution >= 0.6 is 0 Å². The molecule has 0 aliphatic carbocycles. The number of benzene rings is 1. The van der Waals surface area contributed by atoms with Crippen molar-refractivity contribution in [1.29, 1.82) is 0 Å². The van der Waals surface area contributed by atoms with Gasteiger partial charge >= 0.3 is 0 Å². The second-order valence-corrected chi connectivity index (χ2v) is 5.39. The Morgan fingerprint density at radius 3 is 2.75 bits per heavy atom. The molecule has 0 radical (unpaired) electrons. The molecule has 1 heteroatoms. The third kappa shape index (κ3) is 1.95. The molecule has 0 saturated carbocycles. The van der Waals surface area contributed by atoms with Gasteiger partial charge in [-0.15, -0.1) is 0 Å². The zero-order chi connectivity index (χ0) is 11.7. The fraction of sp³-hybridized carbons (Fsp3) is 0.600. The van der Waals surface area contributed by atoms with Gasteiger partial charge in [-0.25, -0.2) is 0 Å². The number of hydrogen-bond donors (Lipinski definition) is 1. The second kappa shape index (κ2) is 4.48. The summed E-state index contributed by atoms with van der Waals surface area (Å²) in [6.45, 7) is 10.3. The largest absolute Gasteiger partial charge is 0.384 e. The zero-order valence-electron chi connectivity index (χ0n) is 10.9. The van der Waals surface area contributed by atoms with Crippen LogP contribution in [0.1, 0.15) is 58.5 Å². The highest BCUT2D eigenvalue weighted by atomic mass is 14.9. The molecule has 2 unspecified atom stereocenters. The number of nitrogens with one attached hydrogen (secondary N) is 1. The van der Waals surface area contributed by atoms with E-state index in [-0.39, 0.29) is 1.43 Å². The van der Waals surface area contributed by atoms with Gasteiger partial charge in [-0.2, -0.15) is 0 Å². The normalized spacial score (nSPS) is 20.7. The van der Waals surface area contributed by atoms with Crippen molar-refractivity contribution in [1.82, 2.24) is 0 Å². The highest BCUT2D eigenvalue weighted by Crippen LogP contribution is 2.37. The monoisotopic (exact) mass is 219 g/mol. The van der Waals surface area contributed by atoms with Crippen molar-refractivity contribution in [3.63, 3.8) is 0 Å². The Labute approximate surface area is 101 Å². The van der Waals surface area contributed by atoms with Crippen molar-refractivity contribution in [2.45, 2.75) is 46.0 Å². The molecule has 0 fully saturated rings. The van der Waals surface area contributed by atoms with Crippen molar-refractivity contribution in [3.05, 3.63) is 29.3 Å². The summed E-state index contributed by atoms with van der Waals surface area (Å²) in [7, 11) is 0. The first-order chi connectivity index (χ1) is 7.63. The van der Waals surface area contributed by atoms with Gasteiger partial charge in [-0.05, 0) is 35.4 Å². The third-order valence-electron chi connectivity index (χ3n) is 3.98. The molecular weight excluding hydrogens is 194 g/mol. The van der Waals surface area contributed by atoms with Gasteiger partial charge in [0.15, 0.2) is 0 Å². The molecule has 0 aromatic heterocycles. The average Bonchev–Trinajstić information content (AvgIpc) is 2.70. The van der Waals surface area contributed by atoms with Crippen molar-refractivity contribution in [2.24, 2.45) is 5.92 Å². The molecule has 0 bridgehead atoms. The number of hydrogen-bond acceptors (Lipinski definition) is 1. The van der Waals surface area contributed by atoms with Crippen LogP contribution in [-0.2, 0) is 0 Å². The van der Waals surface area contributed by atoms with Gasteiger partial charge in [-0.3, -0.25) is 0 Å². The molecule has 0 saturated heterocycles. The van der Waals surface area contributed by atoms with E-state index in [4.69, 9.17) is 0 Å². The van der Waals surface area contributed by atoms with Crippen molar-refractivity contribution in [2.75, 3.05) is 11.9 Å². The Bertz CT molecular complexity index is 373. The summed E-state index contributed by atoms with van der Waals surface area (Å²) in [4.78, 5) is 0. The smallest absolute Gasteiger partial charge is 0.0379 e. The van der Waals surface area contributed by atoms with Gasteiger partial charge in [0.05, 0.1) is 0 Å². The SMILES string of the molecule is CCC(C)c1ccc2c(c1)NCC2C(C)C.[HH]. The molecule has 1 nitrogen and oxygen atoms in total. The number of fused-ring (bicyclic) bond motifs is 1. The summed E-state index contributed by atoms with van der Waals surface area (Å²) in [6, 6.07) is 7.00. The van der Waals surface area contributed by atoms with Crippen molar-refractivity contribution in [3.8, 4) is 0 Å². The van der Waals surface area contributed by atoms with E-state index < -0.39 is 0 Å². The maximum atomic E-state index is 3.55. The van der Waals surface area contributed by atoms with Crippen LogP contribution in [0.3, 0.4) is 0 Å². The summed E-state index contributed by atoms with van der Waals surface area (Å²) in [6.07, 6.45) is 1.21. The molecular formula is C15H25N. The van der Waals surface area contributed by atoms with E-state index in [0.717, 1.165) is 12.5 Å². The van der Waals surface area contributed by atoms with Gasteiger partial charge < -0.3 is 5.32 Å². The van der Waals surface area contributed by atoms with E-state index in [0.29, 0.717) is 11.8 Å².